The Labute approximate surface area is 73.5 Å². The van der Waals surface area contributed by atoms with Gasteiger partial charge in [-0.3, -0.25) is 0 Å². The van der Waals surface area contributed by atoms with Crippen LogP contribution in [0.4, 0.5) is 17.6 Å². The number of nitrogens with zero attached hydrogens (tertiary/aromatic N) is 1. The van der Waals surface area contributed by atoms with E-state index in [1.165, 1.54) is 0 Å². The Morgan fingerprint density at radius 3 is 2.42 bits per heavy atom. The number of rotatable bonds is 1. The van der Waals surface area contributed by atoms with Crippen LogP contribution in [0.3, 0.4) is 0 Å². The van der Waals surface area contributed by atoms with Crippen LogP contribution in [0.15, 0.2) is 10.5 Å². The summed E-state index contributed by atoms with van der Waals surface area (Å²) in [4.78, 5) is 2.71. The highest BCUT2D eigenvalue weighted by molar-refractivity contribution is 9.10. The lowest BCUT2D eigenvalue weighted by Crippen LogP contribution is -1.99. The van der Waals surface area contributed by atoms with Crippen LogP contribution in [-0.2, 0) is 0 Å². The minimum Gasteiger partial charge on any atom is -0.216 e. The highest BCUT2D eigenvalue weighted by Gasteiger charge is 2.18. The first kappa shape index (κ1) is 9.44. The van der Waals surface area contributed by atoms with Crippen LogP contribution in [0.2, 0.25) is 0 Å². The molecule has 0 aliphatic carbocycles. The van der Waals surface area contributed by atoms with Gasteiger partial charge in [-0.05, 0) is 15.9 Å². The predicted octanol–water partition coefficient (Wildman–Crippen LogP) is 3.06. The van der Waals surface area contributed by atoms with E-state index in [1.54, 1.807) is 0 Å². The molecule has 1 nitrogen and oxygen atoms in total. The van der Waals surface area contributed by atoms with E-state index in [2.05, 4.69) is 20.9 Å². The maximum atomic E-state index is 12.7. The van der Waals surface area contributed by atoms with Crippen molar-refractivity contribution in [2.24, 2.45) is 0 Å². The average molecular weight is 244 g/mol. The second kappa shape index (κ2) is 3.38. The number of hydrogen-bond acceptors (Lipinski definition) is 1. The molecule has 0 fully saturated rings. The molecule has 0 unspecified atom stereocenters. The second-order valence-corrected chi connectivity index (χ2v) is 2.78. The van der Waals surface area contributed by atoms with Gasteiger partial charge in [-0.1, -0.05) is 0 Å². The van der Waals surface area contributed by atoms with Gasteiger partial charge in [0.2, 0.25) is 5.95 Å². The lowest BCUT2D eigenvalue weighted by Gasteiger charge is -2.01. The molecule has 6 heteroatoms. The summed E-state index contributed by atoms with van der Waals surface area (Å²) in [6.45, 7) is 0. The van der Waals surface area contributed by atoms with E-state index in [1.807, 2.05) is 0 Å². The fourth-order valence-corrected chi connectivity index (χ4v) is 1.02. The molecule has 66 valence electrons. The number of pyridine rings is 1. The fraction of sp³-hybridized carbons (Fsp3) is 0.167. The minimum absolute atomic E-state index is 0.356. The topological polar surface area (TPSA) is 12.9 Å². The van der Waals surface area contributed by atoms with Crippen molar-refractivity contribution < 1.29 is 17.6 Å². The molecule has 0 saturated heterocycles. The van der Waals surface area contributed by atoms with Gasteiger partial charge in [-0.2, -0.15) is 4.39 Å². The van der Waals surface area contributed by atoms with Crippen molar-refractivity contribution in [1.82, 2.24) is 4.98 Å². The highest BCUT2D eigenvalue weighted by Crippen LogP contribution is 2.25. The zero-order valence-electron chi connectivity index (χ0n) is 5.49. The van der Waals surface area contributed by atoms with E-state index < -0.39 is 23.9 Å². The molecule has 0 N–H and O–H groups in total. The van der Waals surface area contributed by atoms with E-state index >= 15 is 0 Å². The molecule has 0 atom stereocenters. The summed E-state index contributed by atoms with van der Waals surface area (Å²) in [7, 11) is 0. The van der Waals surface area contributed by atoms with Gasteiger partial charge in [-0.25, -0.2) is 18.2 Å². The van der Waals surface area contributed by atoms with Crippen LogP contribution >= 0.6 is 15.9 Å². The maximum Gasteiger partial charge on any atom is 0.283 e. The van der Waals surface area contributed by atoms with Crippen molar-refractivity contribution in [1.29, 1.82) is 0 Å². The SMILES string of the molecule is Fc1cc(Br)c(F)c(C(F)F)n1. The van der Waals surface area contributed by atoms with Crippen molar-refractivity contribution in [2.75, 3.05) is 0 Å². The van der Waals surface area contributed by atoms with Crippen LogP contribution in [0, 0.1) is 11.8 Å². The molecule has 0 bridgehead atoms. The summed E-state index contributed by atoms with van der Waals surface area (Å²) in [5, 5.41) is 0. The minimum atomic E-state index is -3.11. The normalized spacial score (nSPS) is 10.8. The number of alkyl halides is 2. The molecule has 0 amide bonds. The maximum absolute atomic E-state index is 12.7. The number of aromatic nitrogens is 1. The Hall–Kier alpha value is -0.650. The van der Waals surface area contributed by atoms with E-state index in [0.717, 1.165) is 0 Å². The summed E-state index contributed by atoms with van der Waals surface area (Å²) in [5.41, 5.74) is -1.18. The molecular weight excluding hydrogens is 242 g/mol. The van der Waals surface area contributed by atoms with Crippen molar-refractivity contribution in [3.8, 4) is 0 Å². The fourth-order valence-electron chi connectivity index (χ4n) is 0.631. The molecule has 1 aromatic rings. The first-order valence-electron chi connectivity index (χ1n) is 2.82. The molecule has 0 aliphatic rings. The smallest absolute Gasteiger partial charge is 0.216 e. The van der Waals surface area contributed by atoms with Crippen LogP contribution in [0.5, 0.6) is 0 Å². The van der Waals surface area contributed by atoms with E-state index in [4.69, 9.17) is 0 Å². The van der Waals surface area contributed by atoms with Gasteiger partial charge in [0.1, 0.15) is 5.69 Å². The molecule has 1 aromatic heterocycles. The Morgan fingerprint density at radius 1 is 1.33 bits per heavy atom. The first-order valence-corrected chi connectivity index (χ1v) is 3.61. The van der Waals surface area contributed by atoms with Gasteiger partial charge < -0.3 is 0 Å². The van der Waals surface area contributed by atoms with Gasteiger partial charge in [0.15, 0.2) is 5.82 Å². The zero-order chi connectivity index (χ0) is 9.30. The Balaban J connectivity index is 3.28. The van der Waals surface area contributed by atoms with E-state index in [9.17, 15) is 17.6 Å². The van der Waals surface area contributed by atoms with Crippen LogP contribution in [0.1, 0.15) is 12.1 Å². The molecule has 0 radical (unpaired) electrons. The lowest BCUT2D eigenvalue weighted by molar-refractivity contribution is 0.139. The van der Waals surface area contributed by atoms with Crippen LogP contribution in [-0.4, -0.2) is 4.98 Å². The molecule has 1 heterocycles. The first-order chi connectivity index (χ1) is 5.52. The van der Waals surface area contributed by atoms with Gasteiger partial charge >= 0.3 is 0 Å². The van der Waals surface area contributed by atoms with Crippen molar-refractivity contribution in [2.45, 2.75) is 6.43 Å². The molecule has 0 spiro atoms. The number of hydrogen-bond donors (Lipinski definition) is 0. The quantitative estimate of drug-likeness (QED) is 0.546. The largest absolute Gasteiger partial charge is 0.283 e. The molecule has 0 saturated carbocycles. The summed E-state index contributed by atoms with van der Waals surface area (Å²) in [6.07, 6.45) is -3.11. The predicted molar refractivity (Wildman–Crippen MR) is 36.8 cm³/mol. The molecule has 1 rings (SSSR count). The average Bonchev–Trinajstić information content (AvgIpc) is 1.96. The molecule has 12 heavy (non-hydrogen) atoms. The van der Waals surface area contributed by atoms with Gasteiger partial charge in [0.05, 0.1) is 4.47 Å². The Morgan fingerprint density at radius 2 is 1.92 bits per heavy atom. The third-order valence-electron chi connectivity index (χ3n) is 1.11. The molecule has 0 aromatic carbocycles. The Bertz CT molecular complexity index is 302. The van der Waals surface area contributed by atoms with E-state index in [-0.39, 0.29) is 4.47 Å². The lowest BCUT2D eigenvalue weighted by atomic mass is 10.3. The standard InChI is InChI=1S/C6H2BrF4N/c7-2-1-3(8)12-5(4(2)9)6(10)11/h1,6H. The monoisotopic (exact) mass is 243 g/mol. The third-order valence-corrected chi connectivity index (χ3v) is 1.69. The van der Waals surface area contributed by atoms with Crippen molar-refractivity contribution >= 4 is 15.9 Å². The summed E-state index contributed by atoms with van der Waals surface area (Å²) in [6, 6.07) is 0.682. The van der Waals surface area contributed by atoms with Gasteiger partial charge in [-0.15, -0.1) is 0 Å². The molecular formula is C6H2BrF4N. The van der Waals surface area contributed by atoms with Gasteiger partial charge in [0.25, 0.3) is 6.43 Å². The molecule has 0 aliphatic heterocycles. The third kappa shape index (κ3) is 1.74. The zero-order valence-corrected chi connectivity index (χ0v) is 7.08. The summed E-state index contributed by atoms with van der Waals surface area (Å²) >= 11 is 2.58. The number of halogens is 5. The van der Waals surface area contributed by atoms with Gasteiger partial charge in [0, 0.05) is 6.07 Å². The Kier molecular flexibility index (Phi) is 2.66. The summed E-state index contributed by atoms with van der Waals surface area (Å²) < 4.78 is 48.4. The highest BCUT2D eigenvalue weighted by atomic mass is 79.9. The van der Waals surface area contributed by atoms with Crippen molar-refractivity contribution in [3.05, 3.63) is 28.0 Å². The van der Waals surface area contributed by atoms with E-state index in [0.29, 0.717) is 6.07 Å². The summed E-state index contributed by atoms with van der Waals surface area (Å²) in [5.74, 6) is -2.37. The van der Waals surface area contributed by atoms with Crippen LogP contribution in [0.25, 0.3) is 0 Å². The van der Waals surface area contributed by atoms with Crippen LogP contribution < -0.4 is 0 Å². The second-order valence-electron chi connectivity index (χ2n) is 1.93. The van der Waals surface area contributed by atoms with Crippen molar-refractivity contribution in [3.63, 3.8) is 0 Å².